The molecule has 1 aliphatic rings. The Labute approximate surface area is 132 Å². The van der Waals surface area contributed by atoms with Crippen molar-refractivity contribution < 1.29 is 24.2 Å². The molecule has 0 saturated carbocycles. The minimum atomic E-state index is -0.933. The summed E-state index contributed by atoms with van der Waals surface area (Å²) in [5.41, 5.74) is -0.728. The van der Waals surface area contributed by atoms with E-state index in [-0.39, 0.29) is 24.5 Å². The van der Waals surface area contributed by atoms with Crippen LogP contribution in [0.2, 0.25) is 0 Å². The number of carbonyl (C=O) groups excluding carboxylic acids is 2. The molecule has 5 nitrogen and oxygen atoms in total. The van der Waals surface area contributed by atoms with Gasteiger partial charge in [0.1, 0.15) is 12.2 Å². The zero-order chi connectivity index (χ0) is 17.0. The van der Waals surface area contributed by atoms with Gasteiger partial charge in [-0.3, -0.25) is 9.59 Å². The lowest BCUT2D eigenvalue weighted by Crippen LogP contribution is -2.41. The second-order valence-electron chi connectivity index (χ2n) is 6.81. The quantitative estimate of drug-likeness (QED) is 0.578. The Hall–Kier alpha value is -1.20. The predicted octanol–water partition coefficient (Wildman–Crippen LogP) is 2.55. The lowest BCUT2D eigenvalue weighted by molar-refractivity contribution is -0.152. The van der Waals surface area contributed by atoms with Crippen molar-refractivity contribution in [3.8, 4) is 0 Å². The Bertz CT molecular complexity index is 446. The van der Waals surface area contributed by atoms with Crippen molar-refractivity contribution >= 4 is 11.8 Å². The molecule has 22 heavy (non-hydrogen) atoms. The Morgan fingerprint density at radius 2 is 2.00 bits per heavy atom. The normalized spacial score (nSPS) is 26.1. The fourth-order valence-corrected chi connectivity index (χ4v) is 2.52. The minimum Gasteiger partial charge on any atom is -0.462 e. The summed E-state index contributed by atoms with van der Waals surface area (Å²) < 4.78 is 10.7. The van der Waals surface area contributed by atoms with Crippen LogP contribution in [0.1, 0.15) is 60.3 Å². The third-order valence-corrected chi connectivity index (χ3v) is 4.13. The molecule has 0 amide bonds. The van der Waals surface area contributed by atoms with Crippen LogP contribution in [0.4, 0.5) is 0 Å². The van der Waals surface area contributed by atoms with Gasteiger partial charge in [0, 0.05) is 13.3 Å². The van der Waals surface area contributed by atoms with Gasteiger partial charge >= 0.3 is 5.97 Å². The van der Waals surface area contributed by atoms with Crippen molar-refractivity contribution in [1.82, 2.24) is 0 Å². The largest absolute Gasteiger partial charge is 0.462 e. The van der Waals surface area contributed by atoms with Gasteiger partial charge in [-0.2, -0.15) is 0 Å². The summed E-state index contributed by atoms with van der Waals surface area (Å²) in [5.74, 6) is -0.260. The molecule has 1 fully saturated rings. The van der Waals surface area contributed by atoms with Crippen LogP contribution in [-0.2, 0) is 19.1 Å². The second kappa shape index (κ2) is 7.38. The zero-order valence-corrected chi connectivity index (χ0v) is 14.3. The minimum absolute atomic E-state index is 0.0551. The SMILES string of the molecule is CC(=O)OC/C=C(\C)CCC(=O)[C@@]1(C)CC[C@H](C(C)(C)O)O1. The van der Waals surface area contributed by atoms with Crippen LogP contribution in [-0.4, -0.2) is 40.8 Å². The molecule has 1 saturated heterocycles. The molecule has 5 heteroatoms. The molecular weight excluding hydrogens is 284 g/mol. The molecule has 0 bridgehead atoms. The molecule has 0 unspecified atom stereocenters. The van der Waals surface area contributed by atoms with E-state index in [0.717, 1.165) is 5.57 Å². The van der Waals surface area contributed by atoms with Crippen molar-refractivity contribution in [1.29, 1.82) is 0 Å². The topological polar surface area (TPSA) is 72.8 Å². The van der Waals surface area contributed by atoms with Crippen LogP contribution >= 0.6 is 0 Å². The van der Waals surface area contributed by atoms with E-state index >= 15 is 0 Å². The maximum absolute atomic E-state index is 12.4. The monoisotopic (exact) mass is 312 g/mol. The third-order valence-electron chi connectivity index (χ3n) is 4.13. The van der Waals surface area contributed by atoms with E-state index in [9.17, 15) is 14.7 Å². The summed E-state index contributed by atoms with van der Waals surface area (Å²) in [7, 11) is 0. The van der Waals surface area contributed by atoms with Crippen molar-refractivity contribution in [3.63, 3.8) is 0 Å². The van der Waals surface area contributed by atoms with Gasteiger partial charge < -0.3 is 14.6 Å². The summed E-state index contributed by atoms with van der Waals surface area (Å²) in [4.78, 5) is 23.1. The number of ether oxygens (including phenoxy) is 2. The first-order valence-corrected chi connectivity index (χ1v) is 7.77. The van der Waals surface area contributed by atoms with Crippen molar-refractivity contribution in [2.24, 2.45) is 0 Å². The first-order chi connectivity index (χ1) is 10.0. The smallest absolute Gasteiger partial charge is 0.302 e. The molecule has 1 rings (SSSR count). The standard InChI is InChI=1S/C17H28O5/c1-12(9-11-21-13(2)18)6-7-14(19)17(5)10-8-15(22-17)16(3,4)20/h9,15,20H,6-8,10-11H2,1-5H3/b12-9+/t15-,17-/m1/s1. The maximum Gasteiger partial charge on any atom is 0.302 e. The molecular formula is C17H28O5. The van der Waals surface area contributed by atoms with Crippen molar-refractivity contribution in [2.45, 2.75) is 77.6 Å². The van der Waals surface area contributed by atoms with Gasteiger partial charge in [0.2, 0.25) is 0 Å². The lowest BCUT2D eigenvalue weighted by Gasteiger charge is -2.29. The molecule has 0 aliphatic carbocycles. The molecule has 0 aromatic heterocycles. The Morgan fingerprint density at radius 1 is 1.36 bits per heavy atom. The number of allylic oxidation sites excluding steroid dienone is 1. The first kappa shape index (κ1) is 18.8. The summed E-state index contributed by atoms with van der Waals surface area (Å²) >= 11 is 0. The van der Waals surface area contributed by atoms with E-state index in [1.165, 1.54) is 6.92 Å². The molecule has 1 aliphatic heterocycles. The number of carbonyl (C=O) groups is 2. The molecule has 0 aromatic carbocycles. The van der Waals surface area contributed by atoms with E-state index in [2.05, 4.69) is 0 Å². The number of aliphatic hydroxyl groups is 1. The summed E-state index contributed by atoms with van der Waals surface area (Å²) in [6.45, 7) is 8.73. The number of hydrogen-bond donors (Lipinski definition) is 1. The van der Waals surface area contributed by atoms with Crippen LogP contribution < -0.4 is 0 Å². The summed E-state index contributed by atoms with van der Waals surface area (Å²) in [6, 6.07) is 0. The summed E-state index contributed by atoms with van der Waals surface area (Å²) in [5, 5.41) is 10.0. The summed E-state index contributed by atoms with van der Waals surface area (Å²) in [6.07, 6.45) is 3.83. The number of esters is 1. The highest BCUT2D eigenvalue weighted by Gasteiger charge is 2.46. The molecule has 2 atom stereocenters. The Balaban J connectivity index is 2.47. The van der Waals surface area contributed by atoms with Gasteiger partial charge in [0.25, 0.3) is 0 Å². The van der Waals surface area contributed by atoms with Crippen molar-refractivity contribution in [2.75, 3.05) is 6.61 Å². The predicted molar refractivity (Wildman–Crippen MR) is 83.4 cm³/mol. The van der Waals surface area contributed by atoms with Gasteiger partial charge in [-0.15, -0.1) is 0 Å². The van der Waals surface area contributed by atoms with E-state index < -0.39 is 11.2 Å². The molecule has 1 heterocycles. The lowest BCUT2D eigenvalue weighted by atomic mass is 9.91. The van der Waals surface area contributed by atoms with Gasteiger partial charge in [0.05, 0.1) is 11.7 Å². The van der Waals surface area contributed by atoms with Crippen LogP contribution in [0.25, 0.3) is 0 Å². The number of hydrogen-bond acceptors (Lipinski definition) is 5. The van der Waals surface area contributed by atoms with Crippen LogP contribution in [0, 0.1) is 0 Å². The fraction of sp³-hybridized carbons (Fsp3) is 0.765. The molecule has 126 valence electrons. The van der Waals surface area contributed by atoms with Gasteiger partial charge in [-0.1, -0.05) is 5.57 Å². The van der Waals surface area contributed by atoms with E-state index in [1.54, 1.807) is 20.8 Å². The zero-order valence-electron chi connectivity index (χ0n) is 14.3. The number of ketones is 1. The Morgan fingerprint density at radius 3 is 2.50 bits per heavy atom. The van der Waals surface area contributed by atoms with E-state index in [4.69, 9.17) is 9.47 Å². The van der Waals surface area contributed by atoms with Gasteiger partial charge in [0.15, 0.2) is 5.78 Å². The van der Waals surface area contributed by atoms with E-state index in [0.29, 0.717) is 25.7 Å². The maximum atomic E-state index is 12.4. The van der Waals surface area contributed by atoms with E-state index in [1.807, 2.05) is 13.0 Å². The van der Waals surface area contributed by atoms with Gasteiger partial charge in [-0.25, -0.2) is 0 Å². The molecule has 1 N–H and O–H groups in total. The number of Topliss-reactive ketones (excluding diaryl/α,β-unsaturated/α-hetero) is 1. The van der Waals surface area contributed by atoms with Crippen LogP contribution in [0.3, 0.4) is 0 Å². The first-order valence-electron chi connectivity index (χ1n) is 7.77. The third kappa shape index (κ3) is 5.54. The highest BCUT2D eigenvalue weighted by atomic mass is 16.5. The fourth-order valence-electron chi connectivity index (χ4n) is 2.52. The Kier molecular flexibility index (Phi) is 6.32. The van der Waals surface area contributed by atoms with Crippen LogP contribution in [0.15, 0.2) is 11.6 Å². The average molecular weight is 312 g/mol. The average Bonchev–Trinajstić information content (AvgIpc) is 2.79. The molecule has 0 spiro atoms. The molecule has 0 radical (unpaired) electrons. The van der Waals surface area contributed by atoms with Crippen LogP contribution in [0.5, 0.6) is 0 Å². The number of rotatable bonds is 7. The highest BCUT2D eigenvalue weighted by Crippen LogP contribution is 2.36. The van der Waals surface area contributed by atoms with Gasteiger partial charge in [-0.05, 0) is 53.0 Å². The second-order valence-corrected chi connectivity index (χ2v) is 6.81. The highest BCUT2D eigenvalue weighted by molar-refractivity contribution is 5.87. The van der Waals surface area contributed by atoms with Crippen molar-refractivity contribution in [3.05, 3.63) is 11.6 Å². The molecule has 0 aromatic rings.